The predicted octanol–water partition coefficient (Wildman–Crippen LogP) is 1.72. The highest BCUT2D eigenvalue weighted by Gasteiger charge is 2.37. The number of carboxylic acid groups (broad SMARTS) is 1. The summed E-state index contributed by atoms with van der Waals surface area (Å²) in [4.78, 5) is 10.7. The number of halogens is 3. The van der Waals surface area contributed by atoms with Crippen LogP contribution in [0.25, 0.3) is 0 Å². The van der Waals surface area contributed by atoms with E-state index in [1.165, 1.54) is 13.8 Å². The number of carbonyl (C=O) groups is 1. The van der Waals surface area contributed by atoms with Gasteiger partial charge in [-0.25, -0.2) is 4.79 Å². The van der Waals surface area contributed by atoms with Gasteiger partial charge in [0.15, 0.2) is 11.2 Å². The number of hydrogen-bond donors (Lipinski definition) is 1. The second-order valence-electron chi connectivity index (χ2n) is 3.51. The molecule has 0 aliphatic rings. The first-order valence-electron chi connectivity index (χ1n) is 4.02. The Hall–Kier alpha value is -1.53. The molecule has 84 valence electrons. The number of carboxylic acids is 1. The maximum Gasteiger partial charge on any atom is 0.435 e. The summed E-state index contributed by atoms with van der Waals surface area (Å²) < 4.78 is 37.3. The third-order valence-electron chi connectivity index (χ3n) is 1.98. The lowest BCUT2D eigenvalue weighted by atomic mass is 10.1. The van der Waals surface area contributed by atoms with E-state index in [0.29, 0.717) is 0 Å². The molecule has 1 heterocycles. The Labute approximate surface area is 83.3 Å². The van der Waals surface area contributed by atoms with E-state index in [1.54, 1.807) is 0 Å². The van der Waals surface area contributed by atoms with Crippen molar-refractivity contribution in [2.75, 3.05) is 0 Å². The van der Waals surface area contributed by atoms with Gasteiger partial charge in [-0.05, 0) is 19.9 Å². The van der Waals surface area contributed by atoms with Crippen molar-refractivity contribution in [1.29, 1.82) is 0 Å². The quantitative estimate of drug-likeness (QED) is 0.828. The van der Waals surface area contributed by atoms with Gasteiger partial charge in [-0.3, -0.25) is 4.68 Å². The second-order valence-corrected chi connectivity index (χ2v) is 3.51. The van der Waals surface area contributed by atoms with E-state index in [4.69, 9.17) is 5.11 Å². The molecule has 15 heavy (non-hydrogen) atoms. The minimum atomic E-state index is -4.56. The molecule has 0 aliphatic heterocycles. The van der Waals surface area contributed by atoms with Crippen LogP contribution in [-0.4, -0.2) is 20.9 Å². The summed E-state index contributed by atoms with van der Waals surface area (Å²) >= 11 is 0. The lowest BCUT2D eigenvalue weighted by molar-refractivity contribution is -0.148. The first-order valence-corrected chi connectivity index (χ1v) is 4.02. The average molecular weight is 222 g/mol. The van der Waals surface area contributed by atoms with Gasteiger partial charge in [0.05, 0.1) is 0 Å². The average Bonchev–Trinajstić information content (AvgIpc) is 2.50. The largest absolute Gasteiger partial charge is 0.479 e. The molecular formula is C8H9F3N2O2. The highest BCUT2D eigenvalue weighted by Crippen LogP contribution is 2.28. The maximum atomic E-state index is 12.2. The molecule has 1 aromatic rings. The van der Waals surface area contributed by atoms with Crippen LogP contribution in [0.2, 0.25) is 0 Å². The fourth-order valence-corrected chi connectivity index (χ4v) is 0.884. The Morgan fingerprint density at radius 1 is 1.47 bits per heavy atom. The molecular weight excluding hydrogens is 213 g/mol. The van der Waals surface area contributed by atoms with Gasteiger partial charge in [0.25, 0.3) is 0 Å². The van der Waals surface area contributed by atoms with Crippen LogP contribution in [-0.2, 0) is 16.5 Å². The molecule has 0 saturated heterocycles. The fraction of sp³-hybridized carbons (Fsp3) is 0.500. The van der Waals surface area contributed by atoms with Crippen molar-refractivity contribution in [2.24, 2.45) is 0 Å². The Kier molecular flexibility index (Phi) is 2.50. The Morgan fingerprint density at radius 3 is 2.33 bits per heavy atom. The highest BCUT2D eigenvalue weighted by atomic mass is 19.4. The molecule has 1 N–H and O–H groups in total. The Bertz CT molecular complexity index is 381. The SMILES string of the molecule is CC(C)(C(=O)O)n1ccc(C(F)(F)F)n1. The highest BCUT2D eigenvalue weighted by molar-refractivity contribution is 5.75. The monoisotopic (exact) mass is 222 g/mol. The molecule has 7 heteroatoms. The van der Waals surface area contributed by atoms with Crippen molar-refractivity contribution >= 4 is 5.97 Å². The second kappa shape index (κ2) is 3.25. The molecule has 1 rings (SSSR count). The van der Waals surface area contributed by atoms with Gasteiger partial charge < -0.3 is 5.11 Å². The van der Waals surface area contributed by atoms with Crippen molar-refractivity contribution < 1.29 is 23.1 Å². The summed E-state index contributed by atoms with van der Waals surface area (Å²) in [6, 6.07) is 0.741. The molecule has 0 fully saturated rings. The Balaban J connectivity index is 3.10. The third kappa shape index (κ3) is 2.11. The molecule has 0 atom stereocenters. The number of aromatic nitrogens is 2. The summed E-state index contributed by atoms with van der Waals surface area (Å²) in [6.45, 7) is 2.53. The summed E-state index contributed by atoms with van der Waals surface area (Å²) in [7, 11) is 0. The van der Waals surface area contributed by atoms with Crippen LogP contribution in [0, 0.1) is 0 Å². The van der Waals surface area contributed by atoms with Crippen LogP contribution in [0.15, 0.2) is 12.3 Å². The summed E-state index contributed by atoms with van der Waals surface area (Å²) in [5, 5.41) is 11.9. The molecule has 0 aliphatic carbocycles. The lowest BCUT2D eigenvalue weighted by Crippen LogP contribution is -2.36. The van der Waals surface area contributed by atoms with Crippen LogP contribution in [0.4, 0.5) is 13.2 Å². The molecule has 0 unspecified atom stereocenters. The summed E-state index contributed by atoms with van der Waals surface area (Å²) in [5.41, 5.74) is -2.60. The topological polar surface area (TPSA) is 55.1 Å². The van der Waals surface area contributed by atoms with Crippen LogP contribution >= 0.6 is 0 Å². The molecule has 4 nitrogen and oxygen atoms in total. The summed E-state index contributed by atoms with van der Waals surface area (Å²) in [5.74, 6) is -1.25. The first kappa shape index (κ1) is 11.5. The third-order valence-corrected chi connectivity index (χ3v) is 1.98. The first-order chi connectivity index (χ1) is 6.65. The van der Waals surface area contributed by atoms with Crippen molar-refractivity contribution in [2.45, 2.75) is 25.6 Å². The predicted molar refractivity (Wildman–Crippen MR) is 44.2 cm³/mol. The number of aliphatic carboxylic acids is 1. The van der Waals surface area contributed by atoms with E-state index < -0.39 is 23.4 Å². The zero-order valence-electron chi connectivity index (χ0n) is 8.04. The maximum absolute atomic E-state index is 12.2. The minimum Gasteiger partial charge on any atom is -0.479 e. The van der Waals surface area contributed by atoms with Gasteiger partial charge in [0.2, 0.25) is 0 Å². The van der Waals surface area contributed by atoms with Gasteiger partial charge in [-0.15, -0.1) is 0 Å². The van der Waals surface area contributed by atoms with Gasteiger partial charge in [-0.1, -0.05) is 0 Å². The van der Waals surface area contributed by atoms with E-state index in [1.807, 2.05) is 0 Å². The number of rotatable bonds is 2. The van der Waals surface area contributed by atoms with E-state index >= 15 is 0 Å². The van der Waals surface area contributed by atoms with Gasteiger partial charge >= 0.3 is 12.1 Å². The normalized spacial score (nSPS) is 12.9. The van der Waals surface area contributed by atoms with Crippen molar-refractivity contribution in [3.63, 3.8) is 0 Å². The standard InChI is InChI=1S/C8H9F3N2O2/c1-7(2,6(14)15)13-4-3-5(12-13)8(9,10)11/h3-4H,1-2H3,(H,14,15). The summed E-state index contributed by atoms with van der Waals surface area (Å²) in [6.07, 6.45) is -3.56. The molecule has 0 aromatic carbocycles. The van der Waals surface area contributed by atoms with Crippen molar-refractivity contribution in [1.82, 2.24) is 9.78 Å². The zero-order valence-corrected chi connectivity index (χ0v) is 8.04. The van der Waals surface area contributed by atoms with E-state index in [-0.39, 0.29) is 0 Å². The smallest absolute Gasteiger partial charge is 0.435 e. The Morgan fingerprint density at radius 2 is 2.00 bits per heavy atom. The molecule has 0 saturated carbocycles. The van der Waals surface area contributed by atoms with Crippen LogP contribution in [0.3, 0.4) is 0 Å². The van der Waals surface area contributed by atoms with Gasteiger partial charge in [0, 0.05) is 6.20 Å². The van der Waals surface area contributed by atoms with E-state index in [0.717, 1.165) is 16.9 Å². The lowest BCUT2D eigenvalue weighted by Gasteiger charge is -2.19. The fourth-order valence-electron chi connectivity index (χ4n) is 0.884. The molecule has 0 amide bonds. The molecule has 0 spiro atoms. The van der Waals surface area contributed by atoms with Gasteiger partial charge in [0.1, 0.15) is 0 Å². The van der Waals surface area contributed by atoms with Crippen molar-refractivity contribution in [3.05, 3.63) is 18.0 Å². The number of alkyl halides is 3. The van der Waals surface area contributed by atoms with Crippen LogP contribution < -0.4 is 0 Å². The minimum absolute atomic E-state index is 0.741. The number of hydrogen-bond acceptors (Lipinski definition) is 2. The van der Waals surface area contributed by atoms with Crippen molar-refractivity contribution in [3.8, 4) is 0 Å². The van der Waals surface area contributed by atoms with Crippen LogP contribution in [0.5, 0.6) is 0 Å². The zero-order chi connectivity index (χ0) is 11.9. The molecule has 0 bridgehead atoms. The molecule has 1 aromatic heterocycles. The molecule has 0 radical (unpaired) electrons. The van der Waals surface area contributed by atoms with Gasteiger partial charge in [-0.2, -0.15) is 18.3 Å². The van der Waals surface area contributed by atoms with Crippen LogP contribution in [0.1, 0.15) is 19.5 Å². The number of nitrogens with zero attached hydrogens (tertiary/aromatic N) is 2. The van der Waals surface area contributed by atoms with E-state index in [2.05, 4.69) is 5.10 Å². The van der Waals surface area contributed by atoms with E-state index in [9.17, 15) is 18.0 Å².